The predicted molar refractivity (Wildman–Crippen MR) is 147 cm³/mol. The van der Waals surface area contributed by atoms with Gasteiger partial charge in [-0.25, -0.2) is 8.42 Å². The summed E-state index contributed by atoms with van der Waals surface area (Å²) in [7, 11) is 0.755. The molecule has 0 heterocycles. The number of nitrogens with zero attached hydrogens (tertiary/aromatic N) is 1. The van der Waals surface area contributed by atoms with Gasteiger partial charge in [-0.1, -0.05) is 30.3 Å². The van der Waals surface area contributed by atoms with E-state index in [1.54, 1.807) is 111 Å². The molecule has 0 aliphatic carbocycles. The van der Waals surface area contributed by atoms with Crippen molar-refractivity contribution in [2.45, 2.75) is 11.4 Å². The van der Waals surface area contributed by atoms with E-state index in [9.17, 15) is 13.2 Å². The van der Waals surface area contributed by atoms with Crippen molar-refractivity contribution in [2.24, 2.45) is 0 Å². The molecule has 38 heavy (non-hydrogen) atoms. The van der Waals surface area contributed by atoms with Crippen LogP contribution in [0.2, 0.25) is 0 Å². The normalized spacial score (nSPS) is 10.9. The van der Waals surface area contributed by atoms with E-state index in [0.717, 1.165) is 0 Å². The summed E-state index contributed by atoms with van der Waals surface area (Å²) in [4.78, 5) is 13.0. The first kappa shape index (κ1) is 26.6. The fourth-order valence-electron chi connectivity index (χ4n) is 3.83. The molecule has 4 aromatic carbocycles. The van der Waals surface area contributed by atoms with Crippen molar-refractivity contribution in [2.75, 3.05) is 31.0 Å². The Bertz CT molecular complexity index is 1490. The van der Waals surface area contributed by atoms with Crippen molar-refractivity contribution in [1.29, 1.82) is 0 Å². The number of nitrogens with one attached hydrogen (secondary N) is 1. The van der Waals surface area contributed by atoms with Crippen molar-refractivity contribution in [3.63, 3.8) is 0 Å². The van der Waals surface area contributed by atoms with Crippen molar-refractivity contribution in [1.82, 2.24) is 0 Å². The molecule has 0 fully saturated rings. The molecule has 0 radical (unpaired) electrons. The van der Waals surface area contributed by atoms with E-state index in [-0.39, 0.29) is 17.3 Å². The zero-order valence-electron chi connectivity index (χ0n) is 21.2. The van der Waals surface area contributed by atoms with E-state index < -0.39 is 10.0 Å². The maximum Gasteiger partial charge on any atom is 0.264 e. The molecule has 8 nitrogen and oxygen atoms in total. The molecule has 4 aromatic rings. The van der Waals surface area contributed by atoms with Crippen LogP contribution in [-0.2, 0) is 16.6 Å². The second-order valence-corrected chi connectivity index (χ2v) is 10.1. The summed E-state index contributed by atoms with van der Waals surface area (Å²) in [6.45, 7) is 0.0706. The number of hydrogen-bond donors (Lipinski definition) is 1. The van der Waals surface area contributed by atoms with E-state index in [2.05, 4.69) is 5.32 Å². The van der Waals surface area contributed by atoms with Gasteiger partial charge in [-0.2, -0.15) is 0 Å². The third-order valence-corrected chi connectivity index (χ3v) is 7.66. The van der Waals surface area contributed by atoms with Gasteiger partial charge < -0.3 is 19.5 Å². The molecular weight excluding hydrogens is 504 g/mol. The van der Waals surface area contributed by atoms with E-state index in [0.29, 0.717) is 39.8 Å². The Morgan fingerprint density at radius 3 is 2.03 bits per heavy atom. The third kappa shape index (κ3) is 5.90. The first-order valence-electron chi connectivity index (χ1n) is 11.7. The number of sulfonamides is 1. The number of hydrogen-bond acceptors (Lipinski definition) is 6. The lowest BCUT2D eigenvalue weighted by Crippen LogP contribution is -2.30. The van der Waals surface area contributed by atoms with Gasteiger partial charge in [-0.15, -0.1) is 0 Å². The highest BCUT2D eigenvalue weighted by Gasteiger charge is 2.25. The summed E-state index contributed by atoms with van der Waals surface area (Å²) in [6, 6.07) is 27.0. The topological polar surface area (TPSA) is 94.2 Å². The Balaban J connectivity index is 1.57. The van der Waals surface area contributed by atoms with Gasteiger partial charge in [0.15, 0.2) is 11.5 Å². The molecule has 1 amide bonds. The summed E-state index contributed by atoms with van der Waals surface area (Å²) in [6.07, 6.45) is 0. The Morgan fingerprint density at radius 2 is 1.42 bits per heavy atom. The van der Waals surface area contributed by atoms with E-state index in [4.69, 9.17) is 14.2 Å². The maximum absolute atomic E-state index is 13.6. The lowest BCUT2D eigenvalue weighted by molar-refractivity contribution is 0.102. The van der Waals surface area contributed by atoms with Gasteiger partial charge >= 0.3 is 0 Å². The predicted octanol–water partition coefficient (Wildman–Crippen LogP) is 5.36. The van der Waals surface area contributed by atoms with Crippen LogP contribution < -0.4 is 23.8 Å². The Hall–Kier alpha value is -4.50. The smallest absolute Gasteiger partial charge is 0.264 e. The molecule has 0 saturated carbocycles. The molecule has 0 aromatic heterocycles. The van der Waals surface area contributed by atoms with Crippen LogP contribution in [0.4, 0.5) is 11.4 Å². The van der Waals surface area contributed by atoms with E-state index in [1.807, 2.05) is 0 Å². The van der Waals surface area contributed by atoms with Gasteiger partial charge in [0.05, 0.1) is 38.5 Å². The monoisotopic (exact) mass is 532 g/mol. The second-order valence-electron chi connectivity index (χ2n) is 8.24. The number of amides is 1. The highest BCUT2D eigenvalue weighted by atomic mass is 32.2. The Morgan fingerprint density at radius 1 is 0.763 bits per heavy atom. The van der Waals surface area contributed by atoms with Crippen LogP contribution in [0.15, 0.2) is 102 Å². The molecular formula is C29H28N2O6S. The largest absolute Gasteiger partial charge is 0.497 e. The standard InChI is InChI=1S/C29H28N2O6S/c1-35-25-16-14-24(15-17-25)31(38(33,34)26-7-5-4-6-8-26)20-21-9-11-22(12-10-21)29(32)30-23-13-18-27(36-2)28(19-23)37-3/h4-19H,20H2,1-3H3,(H,30,32). The number of rotatable bonds is 10. The molecule has 0 bridgehead atoms. The lowest BCUT2D eigenvalue weighted by Gasteiger charge is -2.25. The van der Waals surface area contributed by atoms with Crippen molar-refractivity contribution in [3.05, 3.63) is 108 Å². The number of benzene rings is 4. The lowest BCUT2D eigenvalue weighted by atomic mass is 10.1. The van der Waals surface area contributed by atoms with Crippen LogP contribution >= 0.6 is 0 Å². The highest BCUT2D eigenvalue weighted by Crippen LogP contribution is 2.30. The zero-order chi connectivity index (χ0) is 27.1. The van der Waals surface area contributed by atoms with E-state index in [1.165, 1.54) is 11.4 Å². The fourth-order valence-corrected chi connectivity index (χ4v) is 5.30. The van der Waals surface area contributed by atoms with Gasteiger partial charge in [-0.3, -0.25) is 9.10 Å². The number of carbonyl (C=O) groups excluding carboxylic acids is 1. The SMILES string of the molecule is COc1ccc(N(Cc2ccc(C(=O)Nc3ccc(OC)c(OC)c3)cc2)S(=O)(=O)c2ccccc2)cc1. The summed E-state index contributed by atoms with van der Waals surface area (Å²) in [5, 5.41) is 2.83. The number of methoxy groups -OCH3 is 3. The molecule has 196 valence electrons. The van der Waals surface area contributed by atoms with Crippen LogP contribution in [0.1, 0.15) is 15.9 Å². The molecule has 0 aliphatic rings. The van der Waals surface area contributed by atoms with Crippen LogP contribution in [0, 0.1) is 0 Å². The summed E-state index contributed by atoms with van der Waals surface area (Å²) < 4.78 is 44.2. The van der Waals surface area contributed by atoms with Gasteiger partial charge in [0, 0.05) is 17.3 Å². The minimum absolute atomic E-state index is 0.0706. The highest BCUT2D eigenvalue weighted by molar-refractivity contribution is 7.92. The van der Waals surface area contributed by atoms with Crippen molar-refractivity contribution >= 4 is 27.3 Å². The average molecular weight is 533 g/mol. The van der Waals surface area contributed by atoms with Crippen LogP contribution in [-0.4, -0.2) is 35.7 Å². The number of anilines is 2. The fraction of sp³-hybridized carbons (Fsp3) is 0.138. The maximum atomic E-state index is 13.6. The molecule has 1 N–H and O–H groups in total. The molecule has 9 heteroatoms. The van der Waals surface area contributed by atoms with Gasteiger partial charge in [-0.05, 0) is 66.2 Å². The van der Waals surface area contributed by atoms with Crippen LogP contribution in [0.3, 0.4) is 0 Å². The molecule has 4 rings (SSSR count). The molecule has 0 aliphatic heterocycles. The minimum atomic E-state index is -3.86. The first-order chi connectivity index (χ1) is 18.3. The van der Waals surface area contributed by atoms with Gasteiger partial charge in [0.25, 0.3) is 15.9 Å². The average Bonchev–Trinajstić information content (AvgIpc) is 2.96. The molecule has 0 spiro atoms. The Labute approximate surface area is 222 Å². The third-order valence-electron chi connectivity index (χ3n) is 5.88. The minimum Gasteiger partial charge on any atom is -0.497 e. The van der Waals surface area contributed by atoms with Crippen molar-refractivity contribution < 1.29 is 27.4 Å². The molecule has 0 saturated heterocycles. The van der Waals surface area contributed by atoms with E-state index >= 15 is 0 Å². The molecule has 0 atom stereocenters. The van der Waals surface area contributed by atoms with Crippen LogP contribution in [0.25, 0.3) is 0 Å². The summed E-state index contributed by atoms with van der Waals surface area (Å²) in [5.41, 5.74) is 2.18. The summed E-state index contributed by atoms with van der Waals surface area (Å²) in [5.74, 6) is 1.36. The summed E-state index contributed by atoms with van der Waals surface area (Å²) >= 11 is 0. The first-order valence-corrected chi connectivity index (χ1v) is 13.1. The number of ether oxygens (including phenoxy) is 3. The quantitative estimate of drug-likeness (QED) is 0.296. The zero-order valence-corrected chi connectivity index (χ0v) is 22.1. The second kappa shape index (κ2) is 11.7. The van der Waals surface area contributed by atoms with Crippen molar-refractivity contribution in [3.8, 4) is 17.2 Å². The van der Waals surface area contributed by atoms with Gasteiger partial charge in [0.1, 0.15) is 5.75 Å². The van der Waals surface area contributed by atoms with Gasteiger partial charge in [0.2, 0.25) is 0 Å². The number of carbonyl (C=O) groups is 1. The molecule has 0 unspecified atom stereocenters. The van der Waals surface area contributed by atoms with Crippen LogP contribution in [0.5, 0.6) is 17.2 Å². The Kier molecular flexibility index (Phi) is 8.18.